The highest BCUT2D eigenvalue weighted by Gasteiger charge is 2.19. The largest absolute Gasteiger partial charge is 0.393 e. The van der Waals surface area contributed by atoms with Crippen LogP contribution in [-0.2, 0) is 6.54 Å². The number of aliphatic hydroxyl groups is 1. The Morgan fingerprint density at radius 3 is 2.35 bits per heavy atom. The number of nitrogens with one attached hydrogen (secondary N) is 1. The second-order valence-corrected chi connectivity index (χ2v) is 5.81. The Kier molecular flexibility index (Phi) is 5.16. The molecule has 1 atom stereocenters. The molecule has 96 valence electrons. The van der Waals surface area contributed by atoms with E-state index in [9.17, 15) is 5.11 Å². The van der Waals surface area contributed by atoms with Crippen LogP contribution in [0, 0.1) is 12.3 Å². The number of rotatable bonds is 6. The van der Waals surface area contributed by atoms with Gasteiger partial charge in [0.2, 0.25) is 0 Å². The van der Waals surface area contributed by atoms with Gasteiger partial charge in [-0.1, -0.05) is 43.7 Å². The van der Waals surface area contributed by atoms with Crippen molar-refractivity contribution in [3.8, 4) is 0 Å². The van der Waals surface area contributed by atoms with Crippen LogP contribution >= 0.6 is 0 Å². The van der Waals surface area contributed by atoms with Crippen molar-refractivity contribution < 1.29 is 5.11 Å². The molecule has 0 aromatic heterocycles. The van der Waals surface area contributed by atoms with Gasteiger partial charge in [-0.25, -0.2) is 0 Å². The van der Waals surface area contributed by atoms with E-state index in [4.69, 9.17) is 0 Å². The standard InChI is InChI=1S/C15H25NO/c1-12-5-7-14(8-6-12)10-16-11-15(3,4)9-13(2)17/h5-8,13,16-17H,9-11H2,1-4H3. The third-order valence-electron chi connectivity index (χ3n) is 2.90. The smallest absolute Gasteiger partial charge is 0.0517 e. The second-order valence-electron chi connectivity index (χ2n) is 5.81. The average molecular weight is 235 g/mol. The summed E-state index contributed by atoms with van der Waals surface area (Å²) in [5, 5.41) is 12.9. The van der Waals surface area contributed by atoms with E-state index in [1.807, 2.05) is 6.92 Å². The van der Waals surface area contributed by atoms with Gasteiger partial charge in [0.1, 0.15) is 0 Å². The molecule has 0 aliphatic heterocycles. The van der Waals surface area contributed by atoms with Crippen LogP contribution in [0.3, 0.4) is 0 Å². The Hall–Kier alpha value is -0.860. The molecule has 2 N–H and O–H groups in total. The van der Waals surface area contributed by atoms with E-state index in [1.54, 1.807) is 0 Å². The summed E-state index contributed by atoms with van der Waals surface area (Å²) in [6, 6.07) is 8.59. The first-order chi connectivity index (χ1) is 7.89. The van der Waals surface area contributed by atoms with E-state index in [1.165, 1.54) is 11.1 Å². The molecule has 0 saturated carbocycles. The highest BCUT2D eigenvalue weighted by atomic mass is 16.3. The van der Waals surface area contributed by atoms with E-state index < -0.39 is 0 Å². The maximum atomic E-state index is 9.41. The van der Waals surface area contributed by atoms with Crippen molar-refractivity contribution in [3.63, 3.8) is 0 Å². The Balaban J connectivity index is 2.34. The summed E-state index contributed by atoms with van der Waals surface area (Å²) < 4.78 is 0. The van der Waals surface area contributed by atoms with Crippen LogP contribution < -0.4 is 5.32 Å². The SMILES string of the molecule is Cc1ccc(CNCC(C)(C)CC(C)O)cc1. The molecular formula is C15H25NO. The molecule has 0 amide bonds. The third kappa shape index (κ3) is 5.85. The fourth-order valence-electron chi connectivity index (χ4n) is 2.12. The highest BCUT2D eigenvalue weighted by Crippen LogP contribution is 2.21. The third-order valence-corrected chi connectivity index (χ3v) is 2.90. The molecule has 1 aromatic carbocycles. The lowest BCUT2D eigenvalue weighted by atomic mass is 9.87. The Labute approximate surface area is 105 Å². The molecule has 0 bridgehead atoms. The first-order valence-corrected chi connectivity index (χ1v) is 6.33. The van der Waals surface area contributed by atoms with Gasteiger partial charge in [0.25, 0.3) is 0 Å². The van der Waals surface area contributed by atoms with Gasteiger partial charge in [0, 0.05) is 13.1 Å². The molecule has 0 spiro atoms. The minimum Gasteiger partial charge on any atom is -0.393 e. The second kappa shape index (κ2) is 6.18. The van der Waals surface area contributed by atoms with Crippen LogP contribution in [0.1, 0.15) is 38.3 Å². The molecule has 0 heterocycles. The van der Waals surface area contributed by atoms with E-state index in [2.05, 4.69) is 50.4 Å². The van der Waals surface area contributed by atoms with Gasteiger partial charge in [0.05, 0.1) is 6.10 Å². The van der Waals surface area contributed by atoms with Crippen LogP contribution in [0.2, 0.25) is 0 Å². The van der Waals surface area contributed by atoms with E-state index in [-0.39, 0.29) is 11.5 Å². The zero-order valence-corrected chi connectivity index (χ0v) is 11.5. The number of aliphatic hydroxyl groups excluding tert-OH is 1. The lowest BCUT2D eigenvalue weighted by Gasteiger charge is -2.26. The van der Waals surface area contributed by atoms with Gasteiger partial charge in [-0.05, 0) is 31.2 Å². The minimum atomic E-state index is -0.230. The van der Waals surface area contributed by atoms with Crippen molar-refractivity contribution in [2.45, 2.75) is 46.8 Å². The summed E-state index contributed by atoms with van der Waals surface area (Å²) in [5.74, 6) is 0. The first-order valence-electron chi connectivity index (χ1n) is 6.33. The molecule has 0 saturated heterocycles. The molecule has 1 aromatic rings. The lowest BCUT2D eigenvalue weighted by molar-refractivity contribution is 0.128. The minimum absolute atomic E-state index is 0.138. The van der Waals surface area contributed by atoms with Gasteiger partial charge in [-0.3, -0.25) is 0 Å². The summed E-state index contributed by atoms with van der Waals surface area (Å²) >= 11 is 0. The molecule has 17 heavy (non-hydrogen) atoms. The van der Waals surface area contributed by atoms with Gasteiger partial charge >= 0.3 is 0 Å². The Bertz CT molecular complexity index is 327. The van der Waals surface area contributed by atoms with Gasteiger partial charge in [0.15, 0.2) is 0 Å². The van der Waals surface area contributed by atoms with E-state index >= 15 is 0 Å². The zero-order chi connectivity index (χ0) is 12.9. The fraction of sp³-hybridized carbons (Fsp3) is 0.600. The van der Waals surface area contributed by atoms with Gasteiger partial charge in [-0.15, -0.1) is 0 Å². The molecule has 0 radical (unpaired) electrons. The van der Waals surface area contributed by atoms with Crippen LogP contribution in [0.15, 0.2) is 24.3 Å². The molecule has 0 aliphatic carbocycles. The molecule has 0 fully saturated rings. The van der Waals surface area contributed by atoms with Gasteiger partial charge < -0.3 is 10.4 Å². The Morgan fingerprint density at radius 2 is 1.82 bits per heavy atom. The first kappa shape index (κ1) is 14.2. The maximum Gasteiger partial charge on any atom is 0.0517 e. The van der Waals surface area contributed by atoms with Crippen molar-refractivity contribution in [3.05, 3.63) is 35.4 Å². The Morgan fingerprint density at radius 1 is 1.24 bits per heavy atom. The van der Waals surface area contributed by atoms with Crippen LogP contribution in [0.4, 0.5) is 0 Å². The van der Waals surface area contributed by atoms with Crippen molar-refractivity contribution in [1.82, 2.24) is 5.32 Å². The molecule has 1 unspecified atom stereocenters. The fourth-order valence-corrected chi connectivity index (χ4v) is 2.12. The zero-order valence-electron chi connectivity index (χ0n) is 11.5. The molecule has 2 heteroatoms. The normalized spacial score (nSPS) is 13.7. The summed E-state index contributed by atoms with van der Waals surface area (Å²) in [4.78, 5) is 0. The topological polar surface area (TPSA) is 32.3 Å². The van der Waals surface area contributed by atoms with Crippen LogP contribution in [0.5, 0.6) is 0 Å². The average Bonchev–Trinajstić information content (AvgIpc) is 2.18. The number of hydrogen-bond donors (Lipinski definition) is 2. The van der Waals surface area contributed by atoms with Crippen molar-refractivity contribution in [1.29, 1.82) is 0 Å². The van der Waals surface area contributed by atoms with Crippen molar-refractivity contribution in [2.75, 3.05) is 6.54 Å². The van der Waals surface area contributed by atoms with Crippen molar-refractivity contribution >= 4 is 0 Å². The maximum absolute atomic E-state index is 9.41. The molecule has 1 rings (SSSR count). The molecule has 2 nitrogen and oxygen atoms in total. The quantitative estimate of drug-likeness (QED) is 0.794. The number of benzene rings is 1. The molecular weight excluding hydrogens is 210 g/mol. The summed E-state index contributed by atoms with van der Waals surface area (Å²) in [6.07, 6.45) is 0.597. The van der Waals surface area contributed by atoms with E-state index in [0.717, 1.165) is 19.5 Å². The van der Waals surface area contributed by atoms with E-state index in [0.29, 0.717) is 0 Å². The summed E-state index contributed by atoms with van der Waals surface area (Å²) in [7, 11) is 0. The predicted molar refractivity (Wildman–Crippen MR) is 73.0 cm³/mol. The number of hydrogen-bond acceptors (Lipinski definition) is 2. The molecule has 0 aliphatic rings. The van der Waals surface area contributed by atoms with Crippen molar-refractivity contribution in [2.24, 2.45) is 5.41 Å². The van der Waals surface area contributed by atoms with Crippen LogP contribution in [0.25, 0.3) is 0 Å². The summed E-state index contributed by atoms with van der Waals surface area (Å²) in [5.41, 5.74) is 2.74. The monoisotopic (exact) mass is 235 g/mol. The lowest BCUT2D eigenvalue weighted by Crippen LogP contribution is -2.31. The highest BCUT2D eigenvalue weighted by molar-refractivity contribution is 5.21. The van der Waals surface area contributed by atoms with Gasteiger partial charge in [-0.2, -0.15) is 0 Å². The number of aryl methyl sites for hydroxylation is 1. The summed E-state index contributed by atoms with van der Waals surface area (Å²) in [6.45, 7) is 10.1. The predicted octanol–water partition coefficient (Wildman–Crippen LogP) is 2.88. The van der Waals surface area contributed by atoms with Crippen LogP contribution in [-0.4, -0.2) is 17.8 Å².